The van der Waals surface area contributed by atoms with Gasteiger partial charge in [0, 0.05) is 18.7 Å². The van der Waals surface area contributed by atoms with Gasteiger partial charge in [0.15, 0.2) is 5.69 Å². The molecule has 1 aromatic heterocycles. The number of hydrogen-bond acceptors (Lipinski definition) is 4. The topological polar surface area (TPSA) is 87.4 Å². The molecule has 0 aliphatic rings. The lowest BCUT2D eigenvalue weighted by molar-refractivity contribution is 0.0937. The van der Waals surface area contributed by atoms with Crippen LogP contribution in [0.5, 0.6) is 5.75 Å². The lowest BCUT2D eigenvalue weighted by Crippen LogP contribution is -2.30. The summed E-state index contributed by atoms with van der Waals surface area (Å²) in [6.07, 6.45) is -0.806. The molecule has 6 nitrogen and oxygen atoms in total. The molecule has 0 aliphatic heterocycles. The molecular weight excluding hydrogens is 385 g/mol. The largest absolute Gasteiger partial charge is 0.508 e. The number of amides is 1. The van der Waals surface area contributed by atoms with Crippen molar-refractivity contribution in [3.05, 3.63) is 82.4 Å². The number of aromatic nitrogens is 2. The van der Waals surface area contributed by atoms with Crippen LogP contribution in [0.25, 0.3) is 0 Å². The molecule has 0 saturated carbocycles. The summed E-state index contributed by atoms with van der Waals surface area (Å²) in [6.45, 7) is 3.47. The Kier molecular flexibility index (Phi) is 6.19. The Morgan fingerprint density at radius 3 is 2.57 bits per heavy atom. The first kappa shape index (κ1) is 21.1. The summed E-state index contributed by atoms with van der Waals surface area (Å²) in [5.74, 6) is 4.20. The molecule has 1 heterocycles. The highest BCUT2D eigenvalue weighted by atomic mass is 19.1. The van der Waals surface area contributed by atoms with Gasteiger partial charge in [0.25, 0.3) is 5.91 Å². The summed E-state index contributed by atoms with van der Waals surface area (Å²) < 4.78 is 15.3. The zero-order valence-electron chi connectivity index (χ0n) is 16.8. The van der Waals surface area contributed by atoms with Crippen molar-refractivity contribution in [1.82, 2.24) is 15.1 Å². The monoisotopic (exact) mass is 407 g/mol. The molecule has 2 aromatic carbocycles. The Morgan fingerprint density at radius 1 is 1.20 bits per heavy atom. The molecule has 1 amide bonds. The van der Waals surface area contributed by atoms with E-state index in [2.05, 4.69) is 22.3 Å². The minimum absolute atomic E-state index is 0.111. The Labute approximate surface area is 174 Å². The zero-order valence-corrected chi connectivity index (χ0v) is 16.8. The molecule has 154 valence electrons. The number of halogens is 1. The van der Waals surface area contributed by atoms with Crippen molar-refractivity contribution >= 4 is 5.91 Å². The second kappa shape index (κ2) is 8.80. The molecule has 0 saturated heterocycles. The molecule has 0 radical (unpaired) electrons. The maximum Gasteiger partial charge on any atom is 0.272 e. The number of nitrogens with one attached hydrogen (secondary N) is 1. The number of rotatable bonds is 4. The van der Waals surface area contributed by atoms with E-state index >= 15 is 0 Å². The van der Waals surface area contributed by atoms with Gasteiger partial charge in [-0.25, -0.2) is 4.39 Å². The number of aromatic hydroxyl groups is 1. The number of benzene rings is 2. The maximum atomic E-state index is 13.9. The molecule has 3 rings (SSSR count). The number of phenols is 1. The van der Waals surface area contributed by atoms with E-state index in [1.807, 2.05) is 31.2 Å². The van der Waals surface area contributed by atoms with Crippen molar-refractivity contribution in [2.75, 3.05) is 0 Å². The van der Waals surface area contributed by atoms with Gasteiger partial charge in [-0.3, -0.25) is 9.48 Å². The summed E-state index contributed by atoms with van der Waals surface area (Å²) in [4.78, 5) is 12.9. The van der Waals surface area contributed by atoms with Gasteiger partial charge in [-0.05, 0) is 43.5 Å². The van der Waals surface area contributed by atoms with E-state index in [-0.39, 0.29) is 17.0 Å². The average Bonchev–Trinajstić information content (AvgIpc) is 3.08. The molecule has 3 aromatic rings. The van der Waals surface area contributed by atoms with Crippen LogP contribution in [-0.4, -0.2) is 32.0 Å². The van der Waals surface area contributed by atoms with Crippen LogP contribution in [0.3, 0.4) is 0 Å². The van der Waals surface area contributed by atoms with Crippen molar-refractivity contribution in [2.24, 2.45) is 7.05 Å². The van der Waals surface area contributed by atoms with Crippen LogP contribution in [-0.2, 0) is 7.05 Å². The fraction of sp³-hybridized carbons (Fsp3) is 0.217. The molecule has 0 bridgehead atoms. The van der Waals surface area contributed by atoms with E-state index in [1.165, 1.54) is 29.8 Å². The van der Waals surface area contributed by atoms with Gasteiger partial charge in [-0.15, -0.1) is 0 Å². The van der Waals surface area contributed by atoms with E-state index < -0.39 is 23.9 Å². The number of hydrogen-bond donors (Lipinski definition) is 3. The predicted molar refractivity (Wildman–Crippen MR) is 110 cm³/mol. The fourth-order valence-electron chi connectivity index (χ4n) is 2.93. The van der Waals surface area contributed by atoms with E-state index in [4.69, 9.17) is 0 Å². The third-order valence-electron chi connectivity index (χ3n) is 4.51. The van der Waals surface area contributed by atoms with Crippen LogP contribution < -0.4 is 5.32 Å². The number of nitrogens with zero attached hydrogens (tertiary/aromatic N) is 2. The first-order valence-corrected chi connectivity index (χ1v) is 9.34. The Bertz CT molecular complexity index is 1120. The van der Waals surface area contributed by atoms with Gasteiger partial charge in [0.2, 0.25) is 0 Å². The second-order valence-electron chi connectivity index (χ2n) is 7.00. The minimum atomic E-state index is -0.806. The number of aliphatic hydroxyl groups is 1. The summed E-state index contributed by atoms with van der Waals surface area (Å²) in [5.41, 5.74) is 2.51. The first-order chi connectivity index (χ1) is 14.2. The van der Waals surface area contributed by atoms with Crippen LogP contribution in [0.2, 0.25) is 0 Å². The summed E-state index contributed by atoms with van der Waals surface area (Å²) in [6, 6.07) is 11.7. The van der Waals surface area contributed by atoms with Gasteiger partial charge in [-0.1, -0.05) is 35.7 Å². The smallest absolute Gasteiger partial charge is 0.272 e. The van der Waals surface area contributed by atoms with E-state index in [9.17, 15) is 19.4 Å². The average molecular weight is 407 g/mol. The van der Waals surface area contributed by atoms with E-state index in [0.29, 0.717) is 11.3 Å². The normalized spacial score (nSPS) is 12.6. The summed E-state index contributed by atoms with van der Waals surface area (Å²) in [7, 11) is 1.64. The molecular formula is C23H22FN3O3. The summed E-state index contributed by atoms with van der Waals surface area (Å²) >= 11 is 0. The fourth-order valence-corrected chi connectivity index (χ4v) is 2.93. The number of aliphatic hydroxyl groups excluding tert-OH is 1. The van der Waals surface area contributed by atoms with Crippen molar-refractivity contribution in [2.45, 2.75) is 26.0 Å². The lowest BCUT2D eigenvalue weighted by Gasteiger charge is -2.20. The Hall–Kier alpha value is -3.63. The Balaban J connectivity index is 1.97. The van der Waals surface area contributed by atoms with Crippen LogP contribution in [0.1, 0.15) is 45.8 Å². The Morgan fingerprint density at radius 2 is 1.90 bits per heavy atom. The maximum absolute atomic E-state index is 13.9. The van der Waals surface area contributed by atoms with Crippen LogP contribution in [0.15, 0.2) is 48.5 Å². The van der Waals surface area contributed by atoms with Crippen LogP contribution in [0.4, 0.5) is 4.39 Å². The number of phenolic OH excluding ortho intramolecular Hbond substituents is 1. The second-order valence-corrected chi connectivity index (χ2v) is 7.00. The summed E-state index contributed by atoms with van der Waals surface area (Å²) in [5, 5.41) is 26.6. The SMILES string of the molecule is Cc1ccc(C(NC(=O)c2cc(C#CC(C)O)n(C)n2)c2cc(F)ccc2O)cc1. The minimum Gasteiger partial charge on any atom is -0.508 e. The molecule has 3 N–H and O–H groups in total. The highest BCUT2D eigenvalue weighted by molar-refractivity contribution is 5.93. The first-order valence-electron chi connectivity index (χ1n) is 9.34. The number of aryl methyl sites for hydroxylation is 2. The molecule has 30 heavy (non-hydrogen) atoms. The molecule has 0 aliphatic carbocycles. The zero-order chi connectivity index (χ0) is 21.8. The van der Waals surface area contributed by atoms with Gasteiger partial charge in [-0.2, -0.15) is 5.10 Å². The standard InChI is InChI=1S/C23H22FN3O3/c1-14-4-7-16(8-5-14)22(19-12-17(24)9-11-21(19)29)25-23(30)20-13-18(27(3)26-20)10-6-15(2)28/h4-5,7-9,11-13,15,22,28-29H,1-3H3,(H,25,30). The van der Waals surface area contributed by atoms with E-state index in [1.54, 1.807) is 7.05 Å². The lowest BCUT2D eigenvalue weighted by atomic mass is 9.96. The van der Waals surface area contributed by atoms with Gasteiger partial charge < -0.3 is 15.5 Å². The van der Waals surface area contributed by atoms with Crippen LogP contribution >= 0.6 is 0 Å². The molecule has 2 atom stereocenters. The van der Waals surface area contributed by atoms with Gasteiger partial charge in [0.1, 0.15) is 23.4 Å². The quantitative estimate of drug-likeness (QED) is 0.581. The molecule has 0 spiro atoms. The van der Waals surface area contributed by atoms with Gasteiger partial charge >= 0.3 is 0 Å². The molecule has 0 fully saturated rings. The predicted octanol–water partition coefficient (Wildman–Crippen LogP) is 2.82. The number of carbonyl (C=O) groups excluding carboxylic acids is 1. The van der Waals surface area contributed by atoms with Gasteiger partial charge in [0.05, 0.1) is 6.04 Å². The molecule has 7 heteroatoms. The third kappa shape index (κ3) is 4.85. The third-order valence-corrected chi connectivity index (χ3v) is 4.51. The van der Waals surface area contributed by atoms with Crippen molar-refractivity contribution in [3.63, 3.8) is 0 Å². The number of carbonyl (C=O) groups is 1. The van der Waals surface area contributed by atoms with Crippen molar-refractivity contribution < 1.29 is 19.4 Å². The molecule has 2 unspecified atom stereocenters. The van der Waals surface area contributed by atoms with Crippen molar-refractivity contribution in [3.8, 4) is 17.6 Å². The highest BCUT2D eigenvalue weighted by Gasteiger charge is 2.23. The van der Waals surface area contributed by atoms with Crippen LogP contribution in [0, 0.1) is 24.6 Å². The van der Waals surface area contributed by atoms with E-state index in [0.717, 1.165) is 11.6 Å². The highest BCUT2D eigenvalue weighted by Crippen LogP contribution is 2.30. The van der Waals surface area contributed by atoms with Crippen molar-refractivity contribution in [1.29, 1.82) is 0 Å².